The third kappa shape index (κ3) is 3.28. The first kappa shape index (κ1) is 16.6. The number of ether oxygens (including phenoxy) is 1. The van der Waals surface area contributed by atoms with Crippen LogP contribution >= 0.6 is 11.3 Å². The van der Waals surface area contributed by atoms with Crippen molar-refractivity contribution in [3.63, 3.8) is 0 Å². The second kappa shape index (κ2) is 7.18. The highest BCUT2D eigenvalue weighted by atomic mass is 32.1. The van der Waals surface area contributed by atoms with Gasteiger partial charge in [-0.3, -0.25) is 0 Å². The second-order valence-corrected chi connectivity index (χ2v) is 7.14. The van der Waals surface area contributed by atoms with Crippen LogP contribution in [-0.4, -0.2) is 12.1 Å². The fourth-order valence-corrected chi connectivity index (χ4v) is 3.95. The molecule has 4 aromatic rings. The molecule has 1 aromatic heterocycles. The highest BCUT2D eigenvalue weighted by Gasteiger charge is 2.12. The molecule has 0 aliphatic carbocycles. The lowest BCUT2D eigenvalue weighted by Gasteiger charge is -2.04. The molecule has 130 valence electrons. The smallest absolute Gasteiger partial charge is 0.187 e. The van der Waals surface area contributed by atoms with E-state index in [4.69, 9.17) is 9.72 Å². The van der Waals surface area contributed by atoms with Gasteiger partial charge in [0, 0.05) is 16.1 Å². The summed E-state index contributed by atoms with van der Waals surface area (Å²) in [5.74, 6) is 0.858. The average molecular weight is 360 g/mol. The summed E-state index contributed by atoms with van der Waals surface area (Å²) in [5, 5.41) is 6.85. The molecule has 0 bridgehead atoms. The van der Waals surface area contributed by atoms with Crippen molar-refractivity contribution in [1.29, 1.82) is 0 Å². The lowest BCUT2D eigenvalue weighted by Crippen LogP contribution is -1.90. The van der Waals surface area contributed by atoms with E-state index in [9.17, 15) is 0 Å². The zero-order valence-electron chi connectivity index (χ0n) is 14.8. The number of anilines is 2. The molecule has 3 aromatic carbocycles. The number of hydrogen-bond donors (Lipinski definition) is 1. The van der Waals surface area contributed by atoms with E-state index in [1.165, 1.54) is 15.6 Å². The molecule has 0 saturated heterocycles. The van der Waals surface area contributed by atoms with Gasteiger partial charge in [0.25, 0.3) is 0 Å². The molecule has 0 spiro atoms. The Morgan fingerprint density at radius 3 is 2.46 bits per heavy atom. The van der Waals surface area contributed by atoms with Gasteiger partial charge in [0.15, 0.2) is 5.13 Å². The molecular weight excluding hydrogens is 340 g/mol. The van der Waals surface area contributed by atoms with Crippen molar-refractivity contribution >= 4 is 32.9 Å². The van der Waals surface area contributed by atoms with E-state index in [1.54, 1.807) is 18.4 Å². The Balaban J connectivity index is 1.65. The van der Waals surface area contributed by atoms with Crippen LogP contribution in [0.3, 0.4) is 0 Å². The molecular formula is C22H20N2OS. The molecule has 0 unspecified atom stereocenters. The van der Waals surface area contributed by atoms with Crippen LogP contribution in [0.2, 0.25) is 0 Å². The molecule has 3 nitrogen and oxygen atoms in total. The normalized spacial score (nSPS) is 10.8. The van der Waals surface area contributed by atoms with Crippen LogP contribution < -0.4 is 10.1 Å². The highest BCUT2D eigenvalue weighted by molar-refractivity contribution is 7.16. The van der Waals surface area contributed by atoms with E-state index in [0.717, 1.165) is 34.2 Å². The lowest BCUT2D eigenvalue weighted by molar-refractivity contribution is 0.415. The van der Waals surface area contributed by atoms with Gasteiger partial charge in [-0.15, -0.1) is 11.3 Å². The Morgan fingerprint density at radius 1 is 0.962 bits per heavy atom. The maximum absolute atomic E-state index is 5.25. The van der Waals surface area contributed by atoms with E-state index in [-0.39, 0.29) is 0 Å². The number of aromatic nitrogens is 1. The second-order valence-electron chi connectivity index (χ2n) is 6.06. The maximum atomic E-state index is 5.25. The first-order valence-corrected chi connectivity index (χ1v) is 9.48. The molecule has 4 rings (SSSR count). The van der Waals surface area contributed by atoms with Crippen molar-refractivity contribution in [2.24, 2.45) is 0 Å². The van der Waals surface area contributed by atoms with Crippen LogP contribution in [0.5, 0.6) is 5.75 Å². The SMILES string of the molecule is CCc1sc(Nc2ccc3ccccc3c2)nc1-c1ccc(OC)cc1. The standard InChI is InChI=1S/C22H20N2OS/c1-3-20-21(16-9-12-19(25-2)13-10-16)24-22(26-20)23-18-11-8-15-6-4-5-7-17(15)14-18/h4-14H,3H2,1-2H3,(H,23,24). The monoisotopic (exact) mass is 360 g/mol. The Labute approximate surface area is 157 Å². The number of nitrogens with one attached hydrogen (secondary N) is 1. The zero-order valence-corrected chi connectivity index (χ0v) is 15.6. The van der Waals surface area contributed by atoms with Gasteiger partial charge < -0.3 is 10.1 Å². The fraction of sp³-hybridized carbons (Fsp3) is 0.136. The summed E-state index contributed by atoms with van der Waals surface area (Å²) >= 11 is 1.71. The molecule has 0 radical (unpaired) electrons. The molecule has 0 fully saturated rings. The van der Waals surface area contributed by atoms with Gasteiger partial charge in [-0.2, -0.15) is 0 Å². The van der Waals surface area contributed by atoms with Crippen LogP contribution in [0.15, 0.2) is 66.7 Å². The summed E-state index contributed by atoms with van der Waals surface area (Å²) in [6, 6.07) is 22.8. The number of methoxy groups -OCH3 is 1. The number of fused-ring (bicyclic) bond motifs is 1. The van der Waals surface area contributed by atoms with Crippen molar-refractivity contribution < 1.29 is 4.74 Å². The maximum Gasteiger partial charge on any atom is 0.187 e. The van der Waals surface area contributed by atoms with Gasteiger partial charge in [-0.1, -0.05) is 37.3 Å². The molecule has 4 heteroatoms. The zero-order chi connectivity index (χ0) is 17.9. The molecule has 1 N–H and O–H groups in total. The van der Waals surface area contributed by atoms with Crippen molar-refractivity contribution in [2.45, 2.75) is 13.3 Å². The minimum absolute atomic E-state index is 0.858. The van der Waals surface area contributed by atoms with Gasteiger partial charge in [0.2, 0.25) is 0 Å². The largest absolute Gasteiger partial charge is 0.497 e. The summed E-state index contributed by atoms with van der Waals surface area (Å²) in [4.78, 5) is 6.13. The summed E-state index contributed by atoms with van der Waals surface area (Å²) < 4.78 is 5.25. The summed E-state index contributed by atoms with van der Waals surface area (Å²) in [5.41, 5.74) is 3.22. The summed E-state index contributed by atoms with van der Waals surface area (Å²) in [6.45, 7) is 2.17. The van der Waals surface area contributed by atoms with E-state index < -0.39 is 0 Å². The molecule has 0 atom stereocenters. The average Bonchev–Trinajstić information content (AvgIpc) is 3.10. The predicted octanol–water partition coefficient (Wildman–Crippen LogP) is 6.28. The first-order valence-electron chi connectivity index (χ1n) is 8.67. The molecule has 0 saturated carbocycles. The van der Waals surface area contributed by atoms with Gasteiger partial charge in [0.1, 0.15) is 5.75 Å². The van der Waals surface area contributed by atoms with Gasteiger partial charge in [0.05, 0.1) is 12.8 Å². The third-order valence-corrected chi connectivity index (χ3v) is 5.50. The molecule has 0 amide bonds. The van der Waals surface area contributed by atoms with Crippen molar-refractivity contribution in [3.05, 3.63) is 71.6 Å². The van der Waals surface area contributed by atoms with E-state index in [1.807, 2.05) is 12.1 Å². The van der Waals surface area contributed by atoms with Crippen LogP contribution in [0, 0.1) is 0 Å². The van der Waals surface area contributed by atoms with Crippen molar-refractivity contribution in [3.8, 4) is 17.0 Å². The van der Waals surface area contributed by atoms with Crippen molar-refractivity contribution in [1.82, 2.24) is 4.98 Å². The van der Waals surface area contributed by atoms with Gasteiger partial charge >= 0.3 is 0 Å². The third-order valence-electron chi connectivity index (χ3n) is 4.38. The van der Waals surface area contributed by atoms with E-state index >= 15 is 0 Å². The number of nitrogens with zero attached hydrogens (tertiary/aromatic N) is 1. The van der Waals surface area contributed by atoms with Gasteiger partial charge in [-0.25, -0.2) is 4.98 Å². The quantitative estimate of drug-likeness (QED) is 0.455. The number of aryl methyl sites for hydroxylation is 1. The number of hydrogen-bond acceptors (Lipinski definition) is 4. The topological polar surface area (TPSA) is 34.2 Å². The summed E-state index contributed by atoms with van der Waals surface area (Å²) in [7, 11) is 1.68. The van der Waals surface area contributed by atoms with Crippen LogP contribution in [0.4, 0.5) is 10.8 Å². The molecule has 0 aliphatic rings. The lowest BCUT2D eigenvalue weighted by atomic mass is 10.1. The van der Waals surface area contributed by atoms with Crippen LogP contribution in [0.25, 0.3) is 22.0 Å². The van der Waals surface area contributed by atoms with Gasteiger partial charge in [-0.05, 0) is 53.6 Å². The van der Waals surface area contributed by atoms with Crippen LogP contribution in [0.1, 0.15) is 11.8 Å². The summed E-state index contributed by atoms with van der Waals surface area (Å²) in [6.07, 6.45) is 0.957. The Hall–Kier alpha value is -2.85. The fourth-order valence-electron chi connectivity index (χ4n) is 3.01. The minimum Gasteiger partial charge on any atom is -0.497 e. The Morgan fingerprint density at radius 2 is 1.73 bits per heavy atom. The number of benzene rings is 3. The number of thiazole rings is 1. The van der Waals surface area contributed by atoms with Crippen molar-refractivity contribution in [2.75, 3.05) is 12.4 Å². The first-order chi connectivity index (χ1) is 12.8. The molecule has 0 aliphatic heterocycles. The number of rotatable bonds is 5. The molecule has 1 heterocycles. The Kier molecular flexibility index (Phi) is 4.59. The van der Waals surface area contributed by atoms with E-state index in [0.29, 0.717) is 0 Å². The predicted molar refractivity (Wildman–Crippen MR) is 111 cm³/mol. The highest BCUT2D eigenvalue weighted by Crippen LogP contribution is 2.34. The molecule has 26 heavy (non-hydrogen) atoms. The Bertz CT molecular complexity index is 1040. The van der Waals surface area contributed by atoms with E-state index in [2.05, 4.69) is 66.8 Å². The van der Waals surface area contributed by atoms with Crippen LogP contribution in [-0.2, 0) is 6.42 Å². The minimum atomic E-state index is 0.858.